The molecule has 0 spiro atoms. The van der Waals surface area contributed by atoms with E-state index in [9.17, 15) is 49.1 Å². The van der Waals surface area contributed by atoms with E-state index >= 15 is 0 Å². The molecular formula is C39H39F9N2O5. The Labute approximate surface area is 311 Å². The summed E-state index contributed by atoms with van der Waals surface area (Å²) in [4.78, 5) is 29.3. The van der Waals surface area contributed by atoms with Crippen LogP contribution in [0.3, 0.4) is 0 Å². The molecule has 2 aliphatic rings. The highest BCUT2D eigenvalue weighted by molar-refractivity contribution is 6.01. The number of methoxy groups -OCH3 is 2. The van der Waals surface area contributed by atoms with E-state index in [2.05, 4.69) is 0 Å². The number of allylic oxidation sites excluding steroid dienone is 1. The van der Waals surface area contributed by atoms with Gasteiger partial charge >= 0.3 is 24.6 Å². The highest BCUT2D eigenvalue weighted by Gasteiger charge is 2.63. The first kappa shape index (κ1) is 41.4. The van der Waals surface area contributed by atoms with Crippen LogP contribution in [0.15, 0.2) is 72.3 Å². The van der Waals surface area contributed by atoms with Crippen LogP contribution in [0.25, 0.3) is 5.57 Å². The Bertz CT molecular complexity index is 1930. The van der Waals surface area contributed by atoms with Crippen LogP contribution in [0.5, 0.6) is 5.75 Å². The number of anilines is 1. The quantitative estimate of drug-likeness (QED) is 0.202. The minimum Gasteiger partial charge on any atom is -0.496 e. The van der Waals surface area contributed by atoms with Gasteiger partial charge in [0.05, 0.1) is 24.3 Å². The van der Waals surface area contributed by atoms with Crippen LogP contribution in [0.4, 0.5) is 50.0 Å². The van der Waals surface area contributed by atoms with Crippen molar-refractivity contribution >= 4 is 23.3 Å². The molecule has 1 fully saturated rings. The number of hydrogen-bond acceptors (Lipinski definition) is 5. The van der Waals surface area contributed by atoms with Gasteiger partial charge in [0.2, 0.25) is 0 Å². The number of halogens is 9. The number of carbonyl (C=O) groups excluding carboxylic acids is 2. The highest BCUT2D eigenvalue weighted by atomic mass is 19.4. The Morgan fingerprint density at radius 2 is 1.49 bits per heavy atom. The molecule has 1 heterocycles. The largest absolute Gasteiger partial charge is 0.496 e. The number of rotatable bonds is 9. The van der Waals surface area contributed by atoms with Crippen LogP contribution in [0, 0.1) is 5.41 Å². The van der Waals surface area contributed by atoms with Crippen molar-refractivity contribution in [1.82, 2.24) is 4.90 Å². The van der Waals surface area contributed by atoms with Crippen molar-refractivity contribution in [3.8, 4) is 5.75 Å². The number of benzene rings is 3. The van der Waals surface area contributed by atoms with Crippen LogP contribution in [-0.4, -0.2) is 56.9 Å². The van der Waals surface area contributed by atoms with E-state index in [4.69, 9.17) is 14.2 Å². The molecule has 0 bridgehead atoms. The number of cyclic esters (lactones) is 1. The minimum absolute atomic E-state index is 0.00352. The van der Waals surface area contributed by atoms with Crippen LogP contribution in [0.2, 0.25) is 0 Å². The van der Waals surface area contributed by atoms with Crippen LogP contribution in [-0.2, 0) is 32.2 Å². The summed E-state index contributed by atoms with van der Waals surface area (Å²) in [5.74, 6) is -1.13. The van der Waals surface area contributed by atoms with E-state index in [-0.39, 0.29) is 23.7 Å². The smallest absolute Gasteiger partial charge is 0.430 e. The van der Waals surface area contributed by atoms with Gasteiger partial charge in [0, 0.05) is 37.5 Å². The molecule has 2 amide bonds. The molecule has 3 unspecified atom stereocenters. The monoisotopic (exact) mass is 786 g/mol. The summed E-state index contributed by atoms with van der Waals surface area (Å²) in [6.07, 6.45) is -16.4. The highest BCUT2D eigenvalue weighted by Crippen LogP contribution is 2.48. The third-order valence-electron chi connectivity index (χ3n) is 10.2. The molecule has 298 valence electrons. The van der Waals surface area contributed by atoms with E-state index in [0.29, 0.717) is 53.9 Å². The average Bonchev–Trinajstić information content (AvgIpc) is 3.38. The molecule has 3 atom stereocenters. The van der Waals surface area contributed by atoms with Crippen LogP contribution >= 0.6 is 0 Å². The van der Waals surface area contributed by atoms with Crippen molar-refractivity contribution in [1.29, 1.82) is 0 Å². The van der Waals surface area contributed by atoms with Gasteiger partial charge in [-0.25, -0.2) is 4.79 Å². The maximum Gasteiger partial charge on any atom is 0.430 e. The summed E-state index contributed by atoms with van der Waals surface area (Å²) in [7, 11) is 3.35. The molecule has 0 N–H and O–H groups in total. The van der Waals surface area contributed by atoms with Crippen molar-refractivity contribution in [2.75, 3.05) is 32.7 Å². The van der Waals surface area contributed by atoms with Gasteiger partial charge in [-0.1, -0.05) is 44.2 Å². The zero-order valence-electron chi connectivity index (χ0n) is 30.7. The maximum atomic E-state index is 14.8. The number of nitrogens with zero attached hydrogens (tertiary/aromatic N) is 2. The lowest BCUT2D eigenvalue weighted by atomic mass is 9.72. The first-order valence-electron chi connectivity index (χ1n) is 17.1. The topological polar surface area (TPSA) is 68.3 Å². The SMILES string of the molecule is COc1ccc(N(C)C(=O)C(OC)(c2ccccc2)C(F)(F)F)cc1C1=C(CN2C(=O)OC(c3cc(C(F)(F)F)cc(C(F)(F)F)c3)C2C)CC(C)(C)CC1. The average molecular weight is 787 g/mol. The van der Waals surface area contributed by atoms with Crippen LogP contribution < -0.4 is 9.64 Å². The van der Waals surface area contributed by atoms with Gasteiger partial charge in [0.15, 0.2) is 0 Å². The Hall–Kier alpha value is -4.73. The number of amides is 2. The summed E-state index contributed by atoms with van der Waals surface area (Å²) in [6, 6.07) is 10.9. The van der Waals surface area contributed by atoms with Crippen molar-refractivity contribution in [2.45, 2.75) is 76.3 Å². The summed E-state index contributed by atoms with van der Waals surface area (Å²) < 4.78 is 142. The first-order chi connectivity index (χ1) is 25.4. The Kier molecular flexibility index (Phi) is 11.1. The van der Waals surface area contributed by atoms with E-state index < -0.39 is 70.5 Å². The van der Waals surface area contributed by atoms with Gasteiger partial charge in [-0.15, -0.1) is 0 Å². The Morgan fingerprint density at radius 3 is 2.02 bits per heavy atom. The molecule has 3 aromatic carbocycles. The van der Waals surface area contributed by atoms with Crippen molar-refractivity contribution < 1.29 is 63.3 Å². The van der Waals surface area contributed by atoms with E-state index in [1.165, 1.54) is 62.4 Å². The molecule has 0 saturated carbocycles. The van der Waals surface area contributed by atoms with E-state index in [1.807, 2.05) is 13.8 Å². The number of hydrogen-bond donors (Lipinski definition) is 0. The number of likely N-dealkylation sites (N-methyl/N-ethyl adjacent to an activating group) is 1. The van der Waals surface area contributed by atoms with Crippen molar-refractivity contribution in [3.63, 3.8) is 0 Å². The first-order valence-corrected chi connectivity index (χ1v) is 17.1. The van der Waals surface area contributed by atoms with E-state index in [0.717, 1.165) is 24.1 Å². The molecule has 0 radical (unpaired) electrons. The lowest BCUT2D eigenvalue weighted by Gasteiger charge is -2.37. The fourth-order valence-electron chi connectivity index (χ4n) is 7.29. The van der Waals surface area contributed by atoms with Crippen LogP contribution in [0.1, 0.15) is 74.0 Å². The molecule has 5 rings (SSSR count). The summed E-state index contributed by atoms with van der Waals surface area (Å²) in [5, 5.41) is 0. The number of carbonyl (C=O) groups is 2. The predicted octanol–water partition coefficient (Wildman–Crippen LogP) is 10.3. The Morgan fingerprint density at radius 1 is 0.891 bits per heavy atom. The molecule has 1 aliphatic heterocycles. The minimum atomic E-state index is -5.17. The fourth-order valence-corrected chi connectivity index (χ4v) is 7.29. The Balaban J connectivity index is 1.56. The molecule has 0 aromatic heterocycles. The van der Waals surface area contributed by atoms with Gasteiger partial charge in [-0.3, -0.25) is 9.69 Å². The second-order valence-electron chi connectivity index (χ2n) is 14.4. The van der Waals surface area contributed by atoms with Gasteiger partial charge in [-0.2, -0.15) is 39.5 Å². The third kappa shape index (κ3) is 8.01. The summed E-state index contributed by atoms with van der Waals surface area (Å²) in [5.41, 5.74) is -5.94. The van der Waals surface area contributed by atoms with Crippen molar-refractivity contribution in [2.24, 2.45) is 5.41 Å². The predicted molar refractivity (Wildman–Crippen MR) is 184 cm³/mol. The van der Waals surface area contributed by atoms with Gasteiger partial charge in [0.1, 0.15) is 11.9 Å². The number of ether oxygens (including phenoxy) is 3. The van der Waals surface area contributed by atoms with E-state index in [1.54, 1.807) is 0 Å². The summed E-state index contributed by atoms with van der Waals surface area (Å²) >= 11 is 0. The lowest BCUT2D eigenvalue weighted by molar-refractivity contribution is -0.264. The normalized spacial score (nSPS) is 20.3. The molecule has 7 nitrogen and oxygen atoms in total. The summed E-state index contributed by atoms with van der Waals surface area (Å²) in [6.45, 7) is 5.27. The maximum absolute atomic E-state index is 14.8. The van der Waals surface area contributed by atoms with Gasteiger partial charge in [0.25, 0.3) is 11.5 Å². The number of alkyl halides is 9. The zero-order chi connectivity index (χ0) is 40.9. The fraction of sp³-hybridized carbons (Fsp3) is 0.436. The zero-order valence-corrected chi connectivity index (χ0v) is 30.7. The second kappa shape index (κ2) is 14.7. The van der Waals surface area contributed by atoms with Gasteiger partial charge in [-0.05, 0) is 84.7 Å². The standard InChI is InChI=1S/C39H39F9N2O5/c1-22-32(23-16-26(37(40,41)42)18-27(17-23)38(43,44)45)55-34(52)50(22)21-24-20-35(2,3)15-14-29(24)30-19-28(12-13-31(30)53-5)49(4)33(51)36(54-6,39(46,47)48)25-10-8-7-9-11-25/h7-13,16-19,22,32H,14-15,20-21H2,1-6H3. The van der Waals surface area contributed by atoms with Crippen molar-refractivity contribution in [3.05, 3.63) is 100 Å². The molecule has 16 heteroatoms. The lowest BCUT2D eigenvalue weighted by Crippen LogP contribution is -2.56. The molecular weight excluding hydrogens is 747 g/mol. The second-order valence-corrected chi connectivity index (χ2v) is 14.4. The third-order valence-corrected chi connectivity index (χ3v) is 10.2. The molecule has 3 aromatic rings. The molecule has 1 saturated heterocycles. The molecule has 55 heavy (non-hydrogen) atoms. The van der Waals surface area contributed by atoms with Gasteiger partial charge < -0.3 is 19.1 Å². The molecule has 1 aliphatic carbocycles.